The lowest BCUT2D eigenvalue weighted by Gasteiger charge is -2.25. The highest BCUT2D eigenvalue weighted by molar-refractivity contribution is 7.87. The second-order valence-electron chi connectivity index (χ2n) is 3.45. The highest BCUT2D eigenvalue weighted by atomic mass is 32.2. The van der Waals surface area contributed by atoms with Gasteiger partial charge in [-0.2, -0.15) is 8.42 Å². The van der Waals surface area contributed by atoms with Gasteiger partial charge >= 0.3 is 0 Å². The normalized spacial score (nSPS) is 17.4. The molecule has 0 heterocycles. The molecule has 0 aliphatic heterocycles. The van der Waals surface area contributed by atoms with Gasteiger partial charge in [-0.15, -0.1) is 0 Å². The van der Waals surface area contributed by atoms with Gasteiger partial charge in [-0.1, -0.05) is 6.92 Å². The summed E-state index contributed by atoms with van der Waals surface area (Å²) in [6, 6.07) is 0. The van der Waals surface area contributed by atoms with Crippen LogP contribution in [0.2, 0.25) is 0 Å². The van der Waals surface area contributed by atoms with Crippen LogP contribution in [-0.2, 0) is 10.1 Å². The van der Waals surface area contributed by atoms with Crippen molar-refractivity contribution >= 4 is 10.1 Å². The van der Waals surface area contributed by atoms with E-state index in [-0.39, 0.29) is 12.8 Å². The van der Waals surface area contributed by atoms with Crippen LogP contribution in [0.1, 0.15) is 19.8 Å². The number of hydrogen-bond acceptors (Lipinski definition) is 4. The fraction of sp³-hybridized carbons (Fsp3) is 1.00. The zero-order valence-corrected chi connectivity index (χ0v) is 9.13. The molecule has 13 heavy (non-hydrogen) atoms. The second kappa shape index (κ2) is 4.36. The smallest absolute Gasteiger partial charge is 0.283 e. The summed E-state index contributed by atoms with van der Waals surface area (Å²) in [5.74, 6) is 0. The van der Waals surface area contributed by atoms with E-state index in [9.17, 15) is 8.42 Å². The maximum Gasteiger partial charge on any atom is 0.283 e. The Balaban J connectivity index is 4.48. The minimum absolute atomic E-state index is 0.208. The van der Waals surface area contributed by atoms with Crippen LogP contribution in [0, 0.1) is 0 Å². The summed E-state index contributed by atoms with van der Waals surface area (Å²) in [4.78, 5) is 0.319. The SMILES string of the molecule is CCC(N)(CCN(C)C)S(=O)(=O)O. The first-order valence-electron chi connectivity index (χ1n) is 4.13. The Morgan fingerprint density at radius 1 is 1.46 bits per heavy atom. The Morgan fingerprint density at radius 2 is 1.92 bits per heavy atom. The zero-order valence-electron chi connectivity index (χ0n) is 8.32. The summed E-state index contributed by atoms with van der Waals surface area (Å²) < 4.78 is 30.7. The predicted octanol–water partition coefficient (Wildman–Crippen LogP) is -0.109. The Labute approximate surface area is 79.7 Å². The molecule has 0 amide bonds. The standard InChI is InChI=1S/C7H18N2O3S/c1-4-7(8,13(10,11)12)5-6-9(2)3/h4-6,8H2,1-3H3,(H,10,11,12). The molecule has 80 valence electrons. The summed E-state index contributed by atoms with van der Waals surface area (Å²) in [7, 11) is -0.520. The Kier molecular flexibility index (Phi) is 4.31. The van der Waals surface area contributed by atoms with Crippen LogP contribution in [0.15, 0.2) is 0 Å². The predicted molar refractivity (Wildman–Crippen MR) is 51.9 cm³/mol. The quantitative estimate of drug-likeness (QED) is 0.619. The van der Waals surface area contributed by atoms with Crippen molar-refractivity contribution in [3.05, 3.63) is 0 Å². The van der Waals surface area contributed by atoms with Crippen LogP contribution in [0.25, 0.3) is 0 Å². The summed E-state index contributed by atoms with van der Waals surface area (Å²) in [5, 5.41) is 0. The fourth-order valence-electron chi connectivity index (χ4n) is 0.901. The van der Waals surface area contributed by atoms with E-state index >= 15 is 0 Å². The van der Waals surface area contributed by atoms with Gasteiger partial charge in [0.25, 0.3) is 10.1 Å². The molecule has 0 spiro atoms. The molecule has 0 aromatic carbocycles. The van der Waals surface area contributed by atoms with Gasteiger partial charge in [-0.05, 0) is 26.9 Å². The molecular formula is C7H18N2O3S. The molecule has 0 rings (SSSR count). The maximum absolute atomic E-state index is 10.9. The molecule has 3 N–H and O–H groups in total. The summed E-state index contributed by atoms with van der Waals surface area (Å²) in [6.07, 6.45) is 0.439. The molecule has 0 saturated carbocycles. The number of hydrogen-bond donors (Lipinski definition) is 2. The van der Waals surface area contributed by atoms with Crippen molar-refractivity contribution in [2.24, 2.45) is 5.73 Å². The summed E-state index contributed by atoms with van der Waals surface area (Å²) >= 11 is 0. The first kappa shape index (κ1) is 12.8. The van der Waals surface area contributed by atoms with Crippen molar-refractivity contribution < 1.29 is 13.0 Å². The third-order valence-electron chi connectivity index (χ3n) is 2.09. The Morgan fingerprint density at radius 3 is 2.15 bits per heavy atom. The zero-order chi connectivity index (χ0) is 10.7. The van der Waals surface area contributed by atoms with Crippen molar-refractivity contribution in [3.63, 3.8) is 0 Å². The third kappa shape index (κ3) is 3.60. The number of nitrogens with two attached hydrogens (primary N) is 1. The molecule has 0 bridgehead atoms. The van der Waals surface area contributed by atoms with Crippen LogP contribution in [0.4, 0.5) is 0 Å². The van der Waals surface area contributed by atoms with Crippen molar-refractivity contribution in [3.8, 4) is 0 Å². The van der Waals surface area contributed by atoms with Crippen LogP contribution in [0.3, 0.4) is 0 Å². The van der Waals surface area contributed by atoms with Crippen LogP contribution in [-0.4, -0.2) is 43.4 Å². The highest BCUT2D eigenvalue weighted by Gasteiger charge is 2.36. The van der Waals surface area contributed by atoms with E-state index in [1.54, 1.807) is 6.92 Å². The van der Waals surface area contributed by atoms with E-state index < -0.39 is 15.0 Å². The minimum atomic E-state index is -4.16. The molecule has 0 radical (unpaired) electrons. The lowest BCUT2D eigenvalue weighted by atomic mass is 10.1. The van der Waals surface area contributed by atoms with Crippen LogP contribution < -0.4 is 5.73 Å². The fourth-order valence-corrected chi connectivity index (χ4v) is 1.62. The molecule has 0 saturated heterocycles. The molecule has 5 nitrogen and oxygen atoms in total. The highest BCUT2D eigenvalue weighted by Crippen LogP contribution is 2.18. The Bertz CT molecular complexity index is 250. The first-order valence-corrected chi connectivity index (χ1v) is 5.57. The number of nitrogens with zero attached hydrogens (tertiary/aromatic N) is 1. The molecule has 1 unspecified atom stereocenters. The lowest BCUT2D eigenvalue weighted by Crippen LogP contribution is -2.48. The largest absolute Gasteiger partial charge is 0.311 e. The van der Waals surface area contributed by atoms with Gasteiger partial charge in [0.05, 0.1) is 0 Å². The average molecular weight is 210 g/mol. The Hall–Kier alpha value is -0.170. The van der Waals surface area contributed by atoms with Crippen LogP contribution in [0.5, 0.6) is 0 Å². The van der Waals surface area contributed by atoms with Crippen molar-refractivity contribution in [1.82, 2.24) is 4.90 Å². The lowest BCUT2D eigenvalue weighted by molar-refractivity contribution is 0.339. The molecule has 0 aromatic rings. The molecule has 6 heteroatoms. The van der Waals surface area contributed by atoms with Gasteiger partial charge in [0.15, 0.2) is 0 Å². The summed E-state index contributed by atoms with van der Waals surface area (Å²) in [6.45, 7) is 2.17. The molecular weight excluding hydrogens is 192 g/mol. The summed E-state index contributed by atoms with van der Waals surface area (Å²) in [5.41, 5.74) is 5.56. The topological polar surface area (TPSA) is 83.6 Å². The van der Waals surface area contributed by atoms with E-state index in [1.807, 2.05) is 19.0 Å². The van der Waals surface area contributed by atoms with E-state index in [4.69, 9.17) is 10.3 Å². The van der Waals surface area contributed by atoms with Gasteiger partial charge in [-0.25, -0.2) is 0 Å². The van der Waals surface area contributed by atoms with Crippen molar-refractivity contribution in [1.29, 1.82) is 0 Å². The van der Waals surface area contributed by atoms with Gasteiger partial charge in [-0.3, -0.25) is 4.55 Å². The molecule has 0 fully saturated rings. The van der Waals surface area contributed by atoms with Gasteiger partial charge < -0.3 is 10.6 Å². The van der Waals surface area contributed by atoms with E-state index in [2.05, 4.69) is 0 Å². The van der Waals surface area contributed by atoms with E-state index in [0.717, 1.165) is 0 Å². The second-order valence-corrected chi connectivity index (χ2v) is 5.21. The molecule has 0 aliphatic rings. The van der Waals surface area contributed by atoms with Crippen molar-refractivity contribution in [2.45, 2.75) is 24.6 Å². The monoisotopic (exact) mass is 210 g/mol. The molecule has 1 atom stereocenters. The minimum Gasteiger partial charge on any atom is -0.311 e. The van der Waals surface area contributed by atoms with Gasteiger partial charge in [0.1, 0.15) is 4.87 Å². The molecule has 0 aromatic heterocycles. The maximum atomic E-state index is 10.9. The van der Waals surface area contributed by atoms with E-state index in [1.165, 1.54) is 0 Å². The molecule has 0 aliphatic carbocycles. The van der Waals surface area contributed by atoms with Gasteiger partial charge in [0, 0.05) is 6.54 Å². The van der Waals surface area contributed by atoms with Gasteiger partial charge in [0.2, 0.25) is 0 Å². The third-order valence-corrected chi connectivity index (χ3v) is 3.61. The first-order chi connectivity index (χ1) is 5.73. The van der Waals surface area contributed by atoms with Crippen molar-refractivity contribution in [2.75, 3.05) is 20.6 Å². The average Bonchev–Trinajstić information content (AvgIpc) is 1.98. The van der Waals surface area contributed by atoms with E-state index in [0.29, 0.717) is 6.54 Å². The number of rotatable bonds is 5. The van der Waals surface area contributed by atoms with Crippen LogP contribution >= 0.6 is 0 Å².